The highest BCUT2D eigenvalue weighted by Gasteiger charge is 1.98. The molecule has 0 unspecified atom stereocenters. The highest BCUT2D eigenvalue weighted by molar-refractivity contribution is 5.64. The summed E-state index contributed by atoms with van der Waals surface area (Å²) in [7, 11) is 1.69. The number of hydrogen-bond donors (Lipinski definition) is 0. The number of rotatable bonds is 4. The van der Waals surface area contributed by atoms with Crippen LogP contribution in [0.2, 0.25) is 0 Å². The summed E-state index contributed by atoms with van der Waals surface area (Å²) in [5.41, 5.74) is 3.81. The van der Waals surface area contributed by atoms with Crippen LogP contribution in [-0.4, -0.2) is 7.11 Å². The van der Waals surface area contributed by atoms with Crippen LogP contribution >= 0.6 is 0 Å². The minimum absolute atomic E-state index is 0.894. The topological polar surface area (TPSA) is 9.23 Å². The fraction of sp³-hybridized carbons (Fsp3) is 0.188. The Morgan fingerprint density at radius 1 is 0.882 bits per heavy atom. The van der Waals surface area contributed by atoms with Crippen molar-refractivity contribution in [1.29, 1.82) is 0 Å². The van der Waals surface area contributed by atoms with Crippen LogP contribution < -0.4 is 4.74 Å². The smallest absolute Gasteiger partial charge is 0.118 e. The molecule has 0 aliphatic heterocycles. The fourth-order valence-corrected chi connectivity index (χ4v) is 1.85. The second kappa shape index (κ2) is 5.53. The van der Waals surface area contributed by atoms with Crippen LogP contribution in [0.4, 0.5) is 0 Å². The van der Waals surface area contributed by atoms with E-state index in [1.54, 1.807) is 7.11 Å². The third kappa shape index (κ3) is 2.88. The Balaban J connectivity index is 2.20. The van der Waals surface area contributed by atoms with E-state index >= 15 is 0 Å². The molecule has 0 aliphatic carbocycles. The van der Waals surface area contributed by atoms with Gasteiger partial charge in [-0.1, -0.05) is 43.3 Å². The summed E-state index contributed by atoms with van der Waals surface area (Å²) in [6.45, 7) is 2.08. The van der Waals surface area contributed by atoms with Gasteiger partial charge in [-0.3, -0.25) is 0 Å². The van der Waals surface area contributed by atoms with Crippen molar-refractivity contribution >= 4 is 0 Å². The zero-order valence-corrected chi connectivity index (χ0v) is 10.3. The molecule has 17 heavy (non-hydrogen) atoms. The van der Waals surface area contributed by atoms with E-state index in [2.05, 4.69) is 49.7 Å². The molecule has 0 N–H and O–H groups in total. The molecule has 0 spiro atoms. The number of methoxy groups -OCH3 is 1. The molecule has 1 heteroatoms. The first-order chi connectivity index (χ1) is 8.33. The monoisotopic (exact) mass is 225 g/mol. The molecule has 0 aliphatic rings. The Morgan fingerprint density at radius 3 is 1.88 bits per heavy atom. The molecule has 0 bridgehead atoms. The van der Waals surface area contributed by atoms with Crippen LogP contribution in [0.3, 0.4) is 0 Å². The van der Waals surface area contributed by atoms with E-state index in [9.17, 15) is 0 Å². The highest BCUT2D eigenvalue weighted by atomic mass is 16.5. The van der Waals surface area contributed by atoms with Gasteiger partial charge in [-0.25, -0.2) is 0 Å². The predicted molar refractivity (Wildman–Crippen MR) is 72.1 cm³/mol. The number of hydrogen-bond acceptors (Lipinski definition) is 1. The second-order valence-electron chi connectivity index (χ2n) is 4.04. The predicted octanol–water partition coefficient (Wildman–Crippen LogP) is 4.13. The Morgan fingerprint density at radius 2 is 1.41 bits per heavy atom. The SMILES string of the molecule is C[CH]Cc1ccc(-c2ccc(OC)cc2)cc1. The van der Waals surface area contributed by atoms with Gasteiger partial charge >= 0.3 is 0 Å². The molecule has 0 aromatic heterocycles. The van der Waals surface area contributed by atoms with E-state index in [4.69, 9.17) is 4.74 Å². The molecular formula is C16H17O. The fourth-order valence-electron chi connectivity index (χ4n) is 1.85. The maximum atomic E-state index is 5.15. The summed E-state index contributed by atoms with van der Waals surface area (Å²) in [5, 5.41) is 0. The first-order valence-corrected chi connectivity index (χ1v) is 5.84. The van der Waals surface area contributed by atoms with E-state index < -0.39 is 0 Å². The van der Waals surface area contributed by atoms with E-state index in [0.29, 0.717) is 0 Å². The van der Waals surface area contributed by atoms with Gasteiger partial charge in [-0.05, 0) is 41.7 Å². The lowest BCUT2D eigenvalue weighted by atomic mass is 10.0. The van der Waals surface area contributed by atoms with Crippen molar-refractivity contribution in [3.63, 3.8) is 0 Å². The van der Waals surface area contributed by atoms with Crippen molar-refractivity contribution in [2.75, 3.05) is 7.11 Å². The Kier molecular flexibility index (Phi) is 3.81. The van der Waals surface area contributed by atoms with E-state index in [1.807, 2.05) is 12.1 Å². The van der Waals surface area contributed by atoms with Crippen molar-refractivity contribution in [1.82, 2.24) is 0 Å². The molecule has 1 nitrogen and oxygen atoms in total. The second-order valence-corrected chi connectivity index (χ2v) is 4.04. The quantitative estimate of drug-likeness (QED) is 0.760. The van der Waals surface area contributed by atoms with Crippen molar-refractivity contribution in [2.45, 2.75) is 13.3 Å². The Hall–Kier alpha value is -1.76. The minimum atomic E-state index is 0.894. The maximum absolute atomic E-state index is 5.15. The lowest BCUT2D eigenvalue weighted by Crippen LogP contribution is -1.85. The van der Waals surface area contributed by atoms with Crippen LogP contribution in [-0.2, 0) is 6.42 Å². The summed E-state index contributed by atoms with van der Waals surface area (Å²) in [6.07, 6.45) is 3.20. The van der Waals surface area contributed by atoms with Gasteiger partial charge in [0.05, 0.1) is 7.11 Å². The number of ether oxygens (including phenoxy) is 1. The summed E-state index contributed by atoms with van der Waals surface area (Å²) in [6, 6.07) is 16.8. The van der Waals surface area contributed by atoms with Gasteiger partial charge < -0.3 is 4.74 Å². The third-order valence-corrected chi connectivity index (χ3v) is 2.82. The van der Waals surface area contributed by atoms with Crippen LogP contribution in [0.5, 0.6) is 5.75 Å². The Labute approximate surface area is 103 Å². The molecule has 2 aromatic rings. The van der Waals surface area contributed by atoms with Gasteiger partial charge in [0.2, 0.25) is 0 Å². The van der Waals surface area contributed by atoms with Gasteiger partial charge in [0.15, 0.2) is 0 Å². The van der Waals surface area contributed by atoms with Crippen LogP contribution in [0.25, 0.3) is 11.1 Å². The highest BCUT2D eigenvalue weighted by Crippen LogP contribution is 2.22. The van der Waals surface area contributed by atoms with Gasteiger partial charge in [-0.2, -0.15) is 0 Å². The van der Waals surface area contributed by atoms with Crippen LogP contribution in [0.1, 0.15) is 12.5 Å². The van der Waals surface area contributed by atoms with E-state index in [1.165, 1.54) is 16.7 Å². The summed E-state index contributed by atoms with van der Waals surface area (Å²) in [5.74, 6) is 0.894. The lowest BCUT2D eigenvalue weighted by Gasteiger charge is -2.05. The molecule has 87 valence electrons. The van der Waals surface area contributed by atoms with Crippen molar-refractivity contribution < 1.29 is 4.74 Å². The average molecular weight is 225 g/mol. The molecule has 1 radical (unpaired) electrons. The molecule has 0 amide bonds. The van der Waals surface area contributed by atoms with Gasteiger partial charge in [0.1, 0.15) is 5.75 Å². The lowest BCUT2D eigenvalue weighted by molar-refractivity contribution is 0.415. The molecular weight excluding hydrogens is 208 g/mol. The van der Waals surface area contributed by atoms with Crippen LogP contribution in [0, 0.1) is 6.42 Å². The largest absolute Gasteiger partial charge is 0.497 e. The molecule has 2 aromatic carbocycles. The van der Waals surface area contributed by atoms with Gasteiger partial charge in [0, 0.05) is 0 Å². The van der Waals surface area contributed by atoms with E-state index in [-0.39, 0.29) is 0 Å². The van der Waals surface area contributed by atoms with Crippen molar-refractivity contribution in [3.05, 3.63) is 60.5 Å². The third-order valence-electron chi connectivity index (χ3n) is 2.82. The molecule has 0 fully saturated rings. The summed E-state index contributed by atoms with van der Waals surface area (Å²) in [4.78, 5) is 0. The number of benzene rings is 2. The normalized spacial score (nSPS) is 10.2. The zero-order chi connectivity index (χ0) is 12.1. The molecule has 0 atom stereocenters. The minimum Gasteiger partial charge on any atom is -0.497 e. The Bertz CT molecular complexity index is 454. The first kappa shape index (κ1) is 11.7. The van der Waals surface area contributed by atoms with Crippen molar-refractivity contribution in [3.8, 4) is 16.9 Å². The standard InChI is InChI=1S/C16H17O/c1-3-4-13-5-7-14(8-6-13)15-9-11-16(17-2)12-10-15/h3,5-12H,4H2,1-2H3. The molecule has 0 saturated heterocycles. The zero-order valence-electron chi connectivity index (χ0n) is 10.3. The van der Waals surface area contributed by atoms with Crippen molar-refractivity contribution in [2.24, 2.45) is 0 Å². The molecule has 0 heterocycles. The first-order valence-electron chi connectivity index (χ1n) is 5.84. The van der Waals surface area contributed by atoms with E-state index in [0.717, 1.165) is 12.2 Å². The van der Waals surface area contributed by atoms with Gasteiger partial charge in [0.25, 0.3) is 0 Å². The van der Waals surface area contributed by atoms with Gasteiger partial charge in [-0.15, -0.1) is 0 Å². The maximum Gasteiger partial charge on any atom is 0.118 e. The average Bonchev–Trinajstić information content (AvgIpc) is 2.40. The molecule has 2 rings (SSSR count). The summed E-state index contributed by atoms with van der Waals surface area (Å²) >= 11 is 0. The molecule has 0 saturated carbocycles. The summed E-state index contributed by atoms with van der Waals surface area (Å²) < 4.78 is 5.15. The van der Waals surface area contributed by atoms with Crippen LogP contribution in [0.15, 0.2) is 48.5 Å².